The number of thiophene rings is 1. The van der Waals surface area contributed by atoms with Crippen LogP contribution in [0.3, 0.4) is 0 Å². The molecule has 1 unspecified atom stereocenters. The van der Waals surface area contributed by atoms with Gasteiger partial charge in [-0.05, 0) is 36.1 Å². The zero-order valence-corrected chi connectivity index (χ0v) is 12.4. The second-order valence-corrected chi connectivity index (χ2v) is 5.70. The van der Waals surface area contributed by atoms with E-state index in [0.29, 0.717) is 12.5 Å². The van der Waals surface area contributed by atoms with Crippen molar-refractivity contribution in [2.75, 3.05) is 18.6 Å². The van der Waals surface area contributed by atoms with Gasteiger partial charge >= 0.3 is 0 Å². The first kappa shape index (κ1) is 13.0. The molecule has 1 aliphatic heterocycles. The van der Waals surface area contributed by atoms with Crippen LogP contribution in [0.25, 0.3) is 0 Å². The molecule has 2 N–H and O–H groups in total. The predicted octanol–water partition coefficient (Wildman–Crippen LogP) is 2.94. The maximum absolute atomic E-state index is 6.09. The zero-order valence-electron chi connectivity index (χ0n) is 11.5. The van der Waals surface area contributed by atoms with Gasteiger partial charge in [-0.25, -0.2) is 0 Å². The molecule has 1 aromatic heterocycles. The van der Waals surface area contributed by atoms with Gasteiger partial charge in [0, 0.05) is 16.6 Å². The van der Waals surface area contributed by atoms with Crippen molar-refractivity contribution in [3.05, 3.63) is 46.2 Å². The highest BCUT2D eigenvalue weighted by Gasteiger charge is 2.30. The van der Waals surface area contributed by atoms with Gasteiger partial charge in [0.15, 0.2) is 5.96 Å². The van der Waals surface area contributed by atoms with E-state index in [2.05, 4.69) is 28.3 Å². The molecule has 2 aromatic rings. The molecule has 0 amide bonds. The summed E-state index contributed by atoms with van der Waals surface area (Å²) in [4.78, 5) is 7.82. The third kappa shape index (κ3) is 2.14. The van der Waals surface area contributed by atoms with Crippen LogP contribution in [-0.2, 0) is 0 Å². The fraction of sp³-hybridized carbons (Fsp3) is 0.267. The van der Waals surface area contributed by atoms with E-state index in [1.807, 2.05) is 24.3 Å². The molecule has 1 aliphatic rings. The molecule has 5 heteroatoms. The van der Waals surface area contributed by atoms with Crippen molar-refractivity contribution in [2.45, 2.75) is 13.0 Å². The van der Waals surface area contributed by atoms with Crippen LogP contribution in [0, 0.1) is 6.92 Å². The van der Waals surface area contributed by atoms with Gasteiger partial charge in [0.1, 0.15) is 5.75 Å². The first-order valence-corrected chi connectivity index (χ1v) is 7.36. The average molecular weight is 287 g/mol. The number of guanidine groups is 1. The number of ether oxygens (including phenoxy) is 1. The number of aliphatic imine (C=N–C) groups is 1. The van der Waals surface area contributed by atoms with Crippen LogP contribution in [0.2, 0.25) is 0 Å². The molecule has 0 spiro atoms. The molecule has 0 saturated carbocycles. The van der Waals surface area contributed by atoms with Crippen LogP contribution >= 0.6 is 11.3 Å². The highest BCUT2D eigenvalue weighted by Crippen LogP contribution is 2.36. The van der Waals surface area contributed by atoms with E-state index in [4.69, 9.17) is 10.5 Å². The molecule has 0 saturated heterocycles. The molecular weight excluding hydrogens is 270 g/mol. The Morgan fingerprint density at radius 2 is 2.25 bits per heavy atom. The second kappa shape index (κ2) is 5.17. The molecule has 4 nitrogen and oxygen atoms in total. The van der Waals surface area contributed by atoms with E-state index in [0.717, 1.165) is 11.4 Å². The lowest BCUT2D eigenvalue weighted by molar-refractivity contribution is 0.415. The van der Waals surface area contributed by atoms with Crippen LogP contribution in [-0.4, -0.2) is 19.6 Å². The van der Waals surface area contributed by atoms with Crippen LogP contribution in [0.1, 0.15) is 16.5 Å². The summed E-state index contributed by atoms with van der Waals surface area (Å²) in [5.41, 5.74) is 8.39. The normalized spacial score (nSPS) is 18.2. The summed E-state index contributed by atoms with van der Waals surface area (Å²) < 4.78 is 5.29. The molecule has 2 heterocycles. The van der Waals surface area contributed by atoms with Crippen LogP contribution < -0.4 is 15.4 Å². The molecule has 0 fully saturated rings. The Hall–Kier alpha value is -2.01. The van der Waals surface area contributed by atoms with Gasteiger partial charge < -0.3 is 15.4 Å². The number of methoxy groups -OCH3 is 1. The Kier molecular flexibility index (Phi) is 3.36. The van der Waals surface area contributed by atoms with Gasteiger partial charge in [-0.15, -0.1) is 11.3 Å². The summed E-state index contributed by atoms with van der Waals surface area (Å²) in [6.07, 6.45) is 0. The van der Waals surface area contributed by atoms with Gasteiger partial charge in [0.05, 0.1) is 19.7 Å². The van der Waals surface area contributed by atoms with E-state index in [1.54, 1.807) is 18.4 Å². The van der Waals surface area contributed by atoms with E-state index in [-0.39, 0.29) is 6.04 Å². The molecule has 1 aromatic carbocycles. The number of anilines is 1. The van der Waals surface area contributed by atoms with Crippen LogP contribution in [0.15, 0.2) is 40.7 Å². The van der Waals surface area contributed by atoms with Crippen molar-refractivity contribution in [1.29, 1.82) is 0 Å². The first-order valence-electron chi connectivity index (χ1n) is 6.48. The van der Waals surface area contributed by atoms with Crippen molar-refractivity contribution >= 4 is 23.0 Å². The summed E-state index contributed by atoms with van der Waals surface area (Å²) in [6.45, 7) is 2.83. The van der Waals surface area contributed by atoms with Crippen molar-refractivity contribution in [3.63, 3.8) is 0 Å². The number of nitrogens with zero attached hydrogens (tertiary/aromatic N) is 2. The van der Waals surface area contributed by atoms with Crippen molar-refractivity contribution in [1.82, 2.24) is 0 Å². The van der Waals surface area contributed by atoms with Gasteiger partial charge in [-0.3, -0.25) is 4.99 Å². The third-order valence-corrected chi connectivity index (χ3v) is 4.64. The maximum Gasteiger partial charge on any atom is 0.196 e. The third-order valence-electron chi connectivity index (χ3n) is 3.52. The van der Waals surface area contributed by atoms with Gasteiger partial charge in [-0.2, -0.15) is 0 Å². The minimum atomic E-state index is 0.183. The fourth-order valence-corrected chi connectivity index (χ4v) is 3.51. The molecule has 0 bridgehead atoms. The Labute approximate surface area is 122 Å². The molecule has 20 heavy (non-hydrogen) atoms. The Morgan fingerprint density at radius 1 is 1.40 bits per heavy atom. The average Bonchev–Trinajstić information content (AvgIpc) is 3.04. The molecule has 3 rings (SSSR count). The minimum Gasteiger partial charge on any atom is -0.497 e. The molecule has 0 radical (unpaired) electrons. The Bertz CT molecular complexity index is 650. The topological polar surface area (TPSA) is 50.9 Å². The number of hydrogen-bond acceptors (Lipinski definition) is 5. The van der Waals surface area contributed by atoms with E-state index in [1.165, 1.54) is 10.4 Å². The highest BCUT2D eigenvalue weighted by atomic mass is 32.1. The van der Waals surface area contributed by atoms with Crippen LogP contribution in [0.4, 0.5) is 5.69 Å². The number of hydrogen-bond donors (Lipinski definition) is 1. The van der Waals surface area contributed by atoms with Gasteiger partial charge in [0.2, 0.25) is 0 Å². The lowest BCUT2D eigenvalue weighted by Crippen LogP contribution is -2.36. The Balaban J connectivity index is 2.00. The zero-order chi connectivity index (χ0) is 14.1. The number of nitrogens with two attached hydrogens (primary N) is 1. The van der Waals surface area contributed by atoms with E-state index in [9.17, 15) is 0 Å². The van der Waals surface area contributed by atoms with Crippen molar-refractivity contribution < 1.29 is 4.74 Å². The summed E-state index contributed by atoms with van der Waals surface area (Å²) >= 11 is 1.76. The smallest absolute Gasteiger partial charge is 0.196 e. The van der Waals surface area contributed by atoms with Gasteiger partial charge in [0.25, 0.3) is 0 Å². The number of benzene rings is 1. The van der Waals surface area contributed by atoms with Crippen molar-refractivity contribution in [3.8, 4) is 5.75 Å². The fourth-order valence-electron chi connectivity index (χ4n) is 2.50. The monoisotopic (exact) mass is 287 g/mol. The lowest BCUT2D eigenvalue weighted by Gasteiger charge is -2.26. The van der Waals surface area contributed by atoms with Crippen molar-refractivity contribution in [2.24, 2.45) is 10.7 Å². The summed E-state index contributed by atoms with van der Waals surface area (Å²) in [5.74, 6) is 1.39. The lowest BCUT2D eigenvalue weighted by atomic mass is 10.1. The predicted molar refractivity (Wildman–Crippen MR) is 83.8 cm³/mol. The molecule has 104 valence electrons. The highest BCUT2D eigenvalue weighted by molar-refractivity contribution is 7.10. The summed E-state index contributed by atoms with van der Waals surface area (Å²) in [7, 11) is 1.67. The number of aryl methyl sites for hydroxylation is 1. The SMILES string of the molecule is COc1cccc(N2C(N)=NCC2c2sccc2C)c1. The van der Waals surface area contributed by atoms with E-state index >= 15 is 0 Å². The maximum atomic E-state index is 6.09. The van der Waals surface area contributed by atoms with Crippen LogP contribution in [0.5, 0.6) is 5.75 Å². The molecule has 0 aliphatic carbocycles. The quantitative estimate of drug-likeness (QED) is 0.944. The Morgan fingerprint density at radius 3 is 2.95 bits per heavy atom. The van der Waals surface area contributed by atoms with Gasteiger partial charge in [-0.1, -0.05) is 6.07 Å². The molecule has 1 atom stereocenters. The summed E-state index contributed by atoms with van der Waals surface area (Å²) in [5, 5.41) is 2.11. The van der Waals surface area contributed by atoms with E-state index < -0.39 is 0 Å². The summed E-state index contributed by atoms with van der Waals surface area (Å²) in [6, 6.07) is 10.2. The largest absolute Gasteiger partial charge is 0.497 e. The second-order valence-electron chi connectivity index (χ2n) is 4.75. The minimum absolute atomic E-state index is 0.183. The first-order chi connectivity index (χ1) is 9.70. The number of rotatable bonds is 3. The molecular formula is C15H17N3OS. The standard InChI is InChI=1S/C15H17N3OS/c1-10-6-7-20-14(10)13-9-17-15(16)18(13)11-4-3-5-12(8-11)19-2/h3-8,13H,9H2,1-2H3,(H2,16,17).